The number of aromatic nitrogens is 1. The van der Waals surface area contributed by atoms with E-state index < -0.39 is 60.2 Å². The summed E-state index contributed by atoms with van der Waals surface area (Å²) in [6.07, 6.45) is 3.36. The summed E-state index contributed by atoms with van der Waals surface area (Å²) in [6.45, 7) is 0. The Morgan fingerprint density at radius 1 is 0.857 bits per heavy atom. The van der Waals surface area contributed by atoms with Crippen LogP contribution in [0, 0.1) is 0 Å². The SMILES string of the molecule is CSCC[C@H](NC(=O)[C@H](N)Cc1c[nH]c2ccccc12)C(=O)N[C@@H](CC(=O)O)C(=O)N[C@@H](Cc1ccccc1)C(N)=O. The van der Waals surface area contributed by atoms with E-state index in [0.29, 0.717) is 5.75 Å². The van der Waals surface area contributed by atoms with Crippen molar-refractivity contribution < 1.29 is 29.1 Å². The third kappa shape index (κ3) is 9.35. The van der Waals surface area contributed by atoms with E-state index in [1.165, 1.54) is 11.8 Å². The van der Waals surface area contributed by atoms with Gasteiger partial charge in [-0.3, -0.25) is 24.0 Å². The van der Waals surface area contributed by atoms with Gasteiger partial charge in [-0.1, -0.05) is 48.5 Å². The van der Waals surface area contributed by atoms with Crippen molar-refractivity contribution in [3.63, 3.8) is 0 Å². The number of benzene rings is 2. The Hall–Kier alpha value is -4.36. The molecule has 4 amide bonds. The maximum Gasteiger partial charge on any atom is 0.305 e. The monoisotopic (exact) mass is 596 g/mol. The van der Waals surface area contributed by atoms with Gasteiger partial charge in [-0.05, 0) is 42.0 Å². The zero-order valence-corrected chi connectivity index (χ0v) is 24.0. The molecule has 4 atom stereocenters. The fraction of sp³-hybridized carbons (Fsp3) is 0.345. The van der Waals surface area contributed by atoms with Gasteiger partial charge in [-0.15, -0.1) is 0 Å². The minimum absolute atomic E-state index is 0.0797. The third-order valence-electron chi connectivity index (χ3n) is 6.65. The molecule has 3 aromatic rings. The first-order valence-electron chi connectivity index (χ1n) is 13.3. The molecule has 1 heterocycles. The van der Waals surface area contributed by atoms with E-state index in [2.05, 4.69) is 20.9 Å². The summed E-state index contributed by atoms with van der Waals surface area (Å²) in [5.41, 5.74) is 14.1. The lowest BCUT2D eigenvalue weighted by Gasteiger charge is -2.25. The molecule has 3 rings (SSSR count). The average Bonchev–Trinajstić information content (AvgIpc) is 3.37. The van der Waals surface area contributed by atoms with Crippen LogP contribution in [0.5, 0.6) is 0 Å². The third-order valence-corrected chi connectivity index (χ3v) is 7.29. The first-order valence-corrected chi connectivity index (χ1v) is 14.7. The number of carboxylic acid groups (broad SMARTS) is 1. The molecule has 0 unspecified atom stereocenters. The Balaban J connectivity index is 1.69. The highest BCUT2D eigenvalue weighted by Gasteiger charge is 2.31. The van der Waals surface area contributed by atoms with Crippen LogP contribution in [-0.2, 0) is 36.8 Å². The van der Waals surface area contributed by atoms with Gasteiger partial charge in [-0.25, -0.2) is 0 Å². The van der Waals surface area contributed by atoms with Crippen molar-refractivity contribution in [3.8, 4) is 0 Å². The van der Waals surface area contributed by atoms with Crippen LogP contribution in [0.3, 0.4) is 0 Å². The van der Waals surface area contributed by atoms with Crippen molar-refractivity contribution in [3.05, 3.63) is 71.9 Å². The summed E-state index contributed by atoms with van der Waals surface area (Å²) < 4.78 is 0. The van der Waals surface area contributed by atoms with Gasteiger partial charge in [0.1, 0.15) is 18.1 Å². The number of carboxylic acids is 1. The molecule has 13 heteroatoms. The van der Waals surface area contributed by atoms with Gasteiger partial charge in [0.25, 0.3) is 0 Å². The van der Waals surface area contributed by atoms with E-state index >= 15 is 0 Å². The topological polar surface area (TPSA) is 209 Å². The van der Waals surface area contributed by atoms with Crippen molar-refractivity contribution in [2.75, 3.05) is 12.0 Å². The number of carbonyl (C=O) groups is 5. The summed E-state index contributed by atoms with van der Waals surface area (Å²) in [7, 11) is 0. The molecule has 0 saturated carbocycles. The first kappa shape index (κ1) is 32.2. The maximum atomic E-state index is 13.3. The van der Waals surface area contributed by atoms with Crippen LogP contribution in [0.4, 0.5) is 0 Å². The molecule has 9 N–H and O–H groups in total. The molecule has 0 spiro atoms. The van der Waals surface area contributed by atoms with Gasteiger partial charge in [-0.2, -0.15) is 11.8 Å². The van der Waals surface area contributed by atoms with Gasteiger partial charge in [0.2, 0.25) is 23.6 Å². The minimum Gasteiger partial charge on any atom is -0.481 e. The van der Waals surface area contributed by atoms with Crippen LogP contribution in [-0.4, -0.2) is 75.9 Å². The lowest BCUT2D eigenvalue weighted by Crippen LogP contribution is -2.58. The van der Waals surface area contributed by atoms with Crippen LogP contribution in [0.15, 0.2) is 60.8 Å². The first-order chi connectivity index (χ1) is 20.1. The Kier molecular flexibility index (Phi) is 11.9. The largest absolute Gasteiger partial charge is 0.481 e. The van der Waals surface area contributed by atoms with Crippen molar-refractivity contribution in [2.45, 2.75) is 49.9 Å². The van der Waals surface area contributed by atoms with Crippen molar-refractivity contribution in [2.24, 2.45) is 11.5 Å². The number of aromatic amines is 1. The molecule has 0 radical (unpaired) electrons. The number of hydrogen-bond donors (Lipinski definition) is 7. The number of hydrogen-bond acceptors (Lipinski definition) is 7. The number of H-pyrrole nitrogens is 1. The Bertz CT molecular complexity index is 1400. The Labute approximate surface area is 247 Å². The number of primary amides is 1. The molecular formula is C29H36N6O6S. The summed E-state index contributed by atoms with van der Waals surface area (Å²) in [5, 5.41) is 17.9. The van der Waals surface area contributed by atoms with Crippen LogP contribution < -0.4 is 27.4 Å². The molecule has 0 bridgehead atoms. The van der Waals surface area contributed by atoms with E-state index in [1.807, 2.05) is 30.5 Å². The van der Waals surface area contributed by atoms with E-state index in [-0.39, 0.29) is 19.3 Å². The van der Waals surface area contributed by atoms with Gasteiger partial charge in [0.15, 0.2) is 0 Å². The second-order valence-electron chi connectivity index (χ2n) is 9.83. The van der Waals surface area contributed by atoms with Gasteiger partial charge in [0, 0.05) is 23.5 Å². The molecule has 0 aliphatic carbocycles. The van der Waals surface area contributed by atoms with Crippen LogP contribution in [0.1, 0.15) is 24.0 Å². The van der Waals surface area contributed by atoms with Crippen LogP contribution in [0.2, 0.25) is 0 Å². The summed E-state index contributed by atoms with van der Waals surface area (Å²) >= 11 is 1.44. The normalized spacial score (nSPS) is 13.9. The van der Waals surface area contributed by atoms with Crippen molar-refractivity contribution >= 4 is 52.3 Å². The Morgan fingerprint density at radius 2 is 1.48 bits per heavy atom. The fourth-order valence-corrected chi connectivity index (χ4v) is 4.89. The minimum atomic E-state index is -1.53. The van der Waals surface area contributed by atoms with E-state index in [0.717, 1.165) is 22.0 Å². The predicted octanol–water partition coefficient (Wildman–Crippen LogP) is 0.448. The zero-order chi connectivity index (χ0) is 30.6. The maximum absolute atomic E-state index is 13.3. The molecular weight excluding hydrogens is 560 g/mol. The van der Waals surface area contributed by atoms with E-state index in [1.54, 1.807) is 36.5 Å². The van der Waals surface area contributed by atoms with Gasteiger partial charge < -0.3 is 37.5 Å². The zero-order valence-electron chi connectivity index (χ0n) is 23.2. The average molecular weight is 597 g/mol. The van der Waals surface area contributed by atoms with Crippen molar-refractivity contribution in [1.82, 2.24) is 20.9 Å². The predicted molar refractivity (Wildman–Crippen MR) is 160 cm³/mol. The van der Waals surface area contributed by atoms with E-state index in [4.69, 9.17) is 11.5 Å². The molecule has 0 aliphatic heterocycles. The van der Waals surface area contributed by atoms with Gasteiger partial charge >= 0.3 is 5.97 Å². The number of thioether (sulfide) groups is 1. The number of rotatable bonds is 16. The number of amides is 4. The molecule has 12 nitrogen and oxygen atoms in total. The summed E-state index contributed by atoms with van der Waals surface area (Å²) in [6, 6.07) is 11.7. The molecule has 2 aromatic carbocycles. The van der Waals surface area contributed by atoms with Crippen molar-refractivity contribution in [1.29, 1.82) is 0 Å². The molecule has 42 heavy (non-hydrogen) atoms. The van der Waals surface area contributed by atoms with Crippen LogP contribution in [0.25, 0.3) is 10.9 Å². The number of aliphatic carboxylic acids is 1. The standard InChI is InChI=1S/C29H36N6O6S/c1-42-12-11-22(33-27(39)20(30)14-18-16-32-21-10-6-5-9-19(18)21)28(40)35-24(15-25(36)37)29(41)34-23(26(31)38)13-17-7-3-2-4-8-17/h2-10,16,20,22-24,32H,11-15,30H2,1H3,(H2,31,38)(H,33,39)(H,34,41)(H,35,40)(H,36,37)/t20-,22+,23+,24+/m1/s1. The van der Waals surface area contributed by atoms with Crippen LogP contribution >= 0.6 is 11.8 Å². The summed E-state index contributed by atoms with van der Waals surface area (Å²) in [4.78, 5) is 66.1. The molecule has 0 fully saturated rings. The van der Waals surface area contributed by atoms with E-state index in [9.17, 15) is 29.1 Å². The second-order valence-corrected chi connectivity index (χ2v) is 10.8. The Morgan fingerprint density at radius 3 is 2.14 bits per heavy atom. The number of nitrogens with two attached hydrogens (primary N) is 2. The molecule has 224 valence electrons. The van der Waals surface area contributed by atoms with Gasteiger partial charge in [0.05, 0.1) is 12.5 Å². The molecule has 0 aliphatic rings. The number of fused-ring (bicyclic) bond motifs is 1. The lowest BCUT2D eigenvalue weighted by atomic mass is 10.0. The molecule has 0 saturated heterocycles. The quantitative estimate of drug-likeness (QED) is 0.123. The number of carbonyl (C=O) groups excluding carboxylic acids is 4. The smallest absolute Gasteiger partial charge is 0.305 e. The molecule has 1 aromatic heterocycles. The lowest BCUT2D eigenvalue weighted by molar-refractivity contribution is -0.141. The highest BCUT2D eigenvalue weighted by atomic mass is 32.2. The highest BCUT2D eigenvalue weighted by Crippen LogP contribution is 2.19. The number of para-hydroxylation sites is 1. The second kappa shape index (κ2) is 15.6. The number of nitrogens with one attached hydrogen (secondary N) is 4. The summed E-state index contributed by atoms with van der Waals surface area (Å²) in [5.74, 6) is -3.89. The fourth-order valence-electron chi connectivity index (χ4n) is 4.41. The highest BCUT2D eigenvalue weighted by molar-refractivity contribution is 7.98.